The van der Waals surface area contributed by atoms with Crippen molar-refractivity contribution in [1.82, 2.24) is 14.4 Å². The van der Waals surface area contributed by atoms with Crippen LogP contribution in [0, 0.1) is 13.8 Å². The maximum atomic E-state index is 12.8. The summed E-state index contributed by atoms with van der Waals surface area (Å²) >= 11 is 0. The number of urea groups is 1. The summed E-state index contributed by atoms with van der Waals surface area (Å²) in [6.07, 6.45) is -0.532. The second-order valence-corrected chi connectivity index (χ2v) is 7.55. The van der Waals surface area contributed by atoms with Gasteiger partial charge in [0.05, 0.1) is 6.54 Å². The van der Waals surface area contributed by atoms with E-state index < -0.39 is 42.9 Å². The van der Waals surface area contributed by atoms with Crippen LogP contribution >= 0.6 is 0 Å². The molecule has 0 unspecified atom stereocenters. The molecule has 29 heavy (non-hydrogen) atoms. The fourth-order valence-electron chi connectivity index (χ4n) is 4.06. The standard InChI is InChI=1S/C19H22F3N3O4/c1-11-8-14(12(2)24(11)10-19(20,21)22)15(26)9-23-16(27)17(28)25(18(23)29)13-6-4-3-5-7-13/h8,13H,3-7,9-10H2,1-2H3. The number of hydrogen-bond donors (Lipinski definition) is 0. The van der Waals surface area contributed by atoms with Crippen LogP contribution in [0.15, 0.2) is 6.07 Å². The minimum absolute atomic E-state index is 0.00378. The second kappa shape index (κ2) is 7.64. The molecule has 1 saturated carbocycles. The molecule has 1 aromatic rings. The van der Waals surface area contributed by atoms with Crippen LogP contribution in [0.3, 0.4) is 0 Å². The number of carbonyl (C=O) groups excluding carboxylic acids is 4. The molecule has 2 aliphatic rings. The van der Waals surface area contributed by atoms with E-state index in [2.05, 4.69) is 0 Å². The van der Waals surface area contributed by atoms with Gasteiger partial charge >= 0.3 is 24.0 Å². The lowest BCUT2D eigenvalue weighted by Gasteiger charge is -2.28. The lowest BCUT2D eigenvalue weighted by atomic mass is 9.94. The van der Waals surface area contributed by atoms with Gasteiger partial charge in [-0.05, 0) is 32.8 Å². The van der Waals surface area contributed by atoms with E-state index >= 15 is 0 Å². The van der Waals surface area contributed by atoms with Gasteiger partial charge in [-0.2, -0.15) is 13.2 Å². The van der Waals surface area contributed by atoms with Crippen molar-refractivity contribution in [2.45, 2.75) is 64.7 Å². The molecule has 1 aliphatic heterocycles. The van der Waals surface area contributed by atoms with Gasteiger partial charge in [0.25, 0.3) is 0 Å². The van der Waals surface area contributed by atoms with E-state index in [-0.39, 0.29) is 23.0 Å². The Morgan fingerprint density at radius 1 is 1.07 bits per heavy atom. The fourth-order valence-corrected chi connectivity index (χ4v) is 4.06. The molecular formula is C19H22F3N3O4. The van der Waals surface area contributed by atoms with Gasteiger partial charge in [-0.15, -0.1) is 0 Å². The fraction of sp³-hybridized carbons (Fsp3) is 0.579. The van der Waals surface area contributed by atoms with Gasteiger partial charge in [-0.3, -0.25) is 19.3 Å². The number of aromatic nitrogens is 1. The molecule has 2 heterocycles. The highest BCUT2D eigenvalue weighted by molar-refractivity contribution is 6.45. The Kier molecular flexibility index (Phi) is 5.55. The highest BCUT2D eigenvalue weighted by atomic mass is 19.4. The van der Waals surface area contributed by atoms with Crippen LogP contribution in [0.2, 0.25) is 0 Å². The lowest BCUT2D eigenvalue weighted by molar-refractivity contribution is -0.144. The van der Waals surface area contributed by atoms with Crippen molar-refractivity contribution in [3.8, 4) is 0 Å². The van der Waals surface area contributed by atoms with Crippen LogP contribution in [0.5, 0.6) is 0 Å². The number of nitrogens with zero attached hydrogens (tertiary/aromatic N) is 3. The van der Waals surface area contributed by atoms with Crippen LogP contribution in [0.25, 0.3) is 0 Å². The minimum atomic E-state index is -4.46. The molecule has 1 aromatic heterocycles. The Morgan fingerprint density at radius 3 is 2.28 bits per heavy atom. The zero-order valence-corrected chi connectivity index (χ0v) is 16.2. The number of hydrogen-bond acceptors (Lipinski definition) is 4. The number of aryl methyl sites for hydroxylation is 1. The first-order valence-corrected chi connectivity index (χ1v) is 9.47. The number of alkyl halides is 3. The SMILES string of the molecule is Cc1cc(C(=O)CN2C(=O)C(=O)N(C3CCCCC3)C2=O)c(C)n1CC(F)(F)F. The summed E-state index contributed by atoms with van der Waals surface area (Å²) in [5.41, 5.74) is 0.331. The van der Waals surface area contributed by atoms with Crippen molar-refractivity contribution in [2.75, 3.05) is 6.54 Å². The molecule has 0 aromatic carbocycles. The topological polar surface area (TPSA) is 79.7 Å². The summed E-state index contributed by atoms with van der Waals surface area (Å²) in [6, 6.07) is 0.115. The summed E-state index contributed by atoms with van der Waals surface area (Å²) in [6.45, 7) is 0.894. The quantitative estimate of drug-likeness (QED) is 0.422. The van der Waals surface area contributed by atoms with E-state index in [1.54, 1.807) is 0 Å². The van der Waals surface area contributed by atoms with Crippen molar-refractivity contribution in [3.63, 3.8) is 0 Å². The Bertz CT molecular complexity index is 869. The molecule has 158 valence electrons. The zero-order valence-electron chi connectivity index (χ0n) is 16.2. The summed E-state index contributed by atoms with van der Waals surface area (Å²) in [4.78, 5) is 51.4. The van der Waals surface area contributed by atoms with E-state index in [1.807, 2.05) is 0 Å². The highest BCUT2D eigenvalue weighted by Crippen LogP contribution is 2.28. The monoisotopic (exact) mass is 413 g/mol. The van der Waals surface area contributed by atoms with Crippen molar-refractivity contribution in [3.05, 3.63) is 23.0 Å². The van der Waals surface area contributed by atoms with Crippen molar-refractivity contribution in [1.29, 1.82) is 0 Å². The van der Waals surface area contributed by atoms with Gasteiger partial charge in [0.2, 0.25) is 0 Å². The Morgan fingerprint density at radius 2 is 1.69 bits per heavy atom. The van der Waals surface area contributed by atoms with Gasteiger partial charge < -0.3 is 4.57 Å². The molecule has 0 radical (unpaired) electrons. The average molecular weight is 413 g/mol. The third-order valence-electron chi connectivity index (χ3n) is 5.54. The third kappa shape index (κ3) is 4.06. The van der Waals surface area contributed by atoms with Crippen LogP contribution < -0.4 is 0 Å². The van der Waals surface area contributed by atoms with Crippen LogP contribution in [0.1, 0.15) is 53.8 Å². The van der Waals surface area contributed by atoms with Crippen molar-refractivity contribution >= 4 is 23.6 Å². The number of imide groups is 2. The number of amides is 4. The largest absolute Gasteiger partial charge is 0.406 e. The lowest BCUT2D eigenvalue weighted by Crippen LogP contribution is -2.43. The number of rotatable bonds is 5. The zero-order chi connectivity index (χ0) is 21.5. The summed E-state index contributed by atoms with van der Waals surface area (Å²) in [7, 11) is 0. The summed E-state index contributed by atoms with van der Waals surface area (Å²) in [5, 5.41) is 0. The van der Waals surface area contributed by atoms with E-state index in [9.17, 15) is 32.3 Å². The number of Topliss-reactive ketones (excluding diaryl/α,β-unsaturated/α-hetero) is 1. The second-order valence-electron chi connectivity index (χ2n) is 7.55. The first-order chi connectivity index (χ1) is 13.5. The number of ketones is 1. The first kappa shape index (κ1) is 21.1. The maximum Gasteiger partial charge on any atom is 0.406 e. The summed E-state index contributed by atoms with van der Waals surface area (Å²) < 4.78 is 39.2. The van der Waals surface area contributed by atoms with Gasteiger partial charge in [-0.1, -0.05) is 19.3 Å². The van der Waals surface area contributed by atoms with Crippen LogP contribution in [0.4, 0.5) is 18.0 Å². The maximum absolute atomic E-state index is 12.8. The van der Waals surface area contributed by atoms with Gasteiger partial charge in [-0.25, -0.2) is 9.69 Å². The minimum Gasteiger partial charge on any atom is -0.339 e. The van der Waals surface area contributed by atoms with Crippen LogP contribution in [-0.2, 0) is 16.1 Å². The van der Waals surface area contributed by atoms with Gasteiger partial charge in [0.15, 0.2) is 5.78 Å². The smallest absolute Gasteiger partial charge is 0.339 e. The van der Waals surface area contributed by atoms with E-state index in [4.69, 9.17) is 0 Å². The molecule has 0 spiro atoms. The van der Waals surface area contributed by atoms with E-state index in [1.165, 1.54) is 19.9 Å². The molecule has 1 aliphatic carbocycles. The number of carbonyl (C=O) groups is 4. The third-order valence-corrected chi connectivity index (χ3v) is 5.54. The van der Waals surface area contributed by atoms with Crippen LogP contribution in [-0.4, -0.2) is 56.8 Å². The highest BCUT2D eigenvalue weighted by Gasteiger charge is 2.48. The Balaban J connectivity index is 1.78. The Hall–Kier alpha value is -2.65. The van der Waals surface area contributed by atoms with Gasteiger partial charge in [0, 0.05) is 23.0 Å². The molecule has 10 heteroatoms. The molecule has 0 bridgehead atoms. The molecule has 2 fully saturated rings. The van der Waals surface area contributed by atoms with Crippen molar-refractivity contribution in [2.24, 2.45) is 0 Å². The molecule has 0 N–H and O–H groups in total. The normalized spacial score (nSPS) is 18.9. The predicted octanol–water partition coefficient (Wildman–Crippen LogP) is 2.97. The molecule has 1 saturated heterocycles. The van der Waals surface area contributed by atoms with Crippen molar-refractivity contribution < 1.29 is 32.3 Å². The molecule has 3 rings (SSSR count). The van der Waals surface area contributed by atoms with Gasteiger partial charge in [0.1, 0.15) is 6.54 Å². The number of halogens is 3. The first-order valence-electron chi connectivity index (χ1n) is 9.47. The predicted molar refractivity (Wildman–Crippen MR) is 95.1 cm³/mol. The molecule has 0 atom stereocenters. The Labute approximate surface area is 165 Å². The molecular weight excluding hydrogens is 391 g/mol. The molecule has 7 nitrogen and oxygen atoms in total. The summed E-state index contributed by atoms with van der Waals surface area (Å²) in [5.74, 6) is -2.71. The molecule has 4 amide bonds. The van der Waals surface area contributed by atoms with E-state index in [0.29, 0.717) is 17.7 Å². The van der Waals surface area contributed by atoms with E-state index in [0.717, 1.165) is 28.7 Å². The average Bonchev–Trinajstić information content (AvgIpc) is 3.03.